The van der Waals surface area contributed by atoms with Crippen LogP contribution in [0, 0.1) is 13.8 Å². The molecule has 0 aliphatic carbocycles. The van der Waals surface area contributed by atoms with E-state index in [-0.39, 0.29) is 18.4 Å². The molecule has 0 bridgehead atoms. The Bertz CT molecular complexity index is 819. The number of para-hydroxylation sites is 1. The maximum atomic E-state index is 12.4. The van der Waals surface area contributed by atoms with Gasteiger partial charge in [0.1, 0.15) is 12.4 Å². The summed E-state index contributed by atoms with van der Waals surface area (Å²) in [6.07, 6.45) is 0. The van der Waals surface area contributed by atoms with Gasteiger partial charge in [-0.1, -0.05) is 29.8 Å². The Balaban J connectivity index is 1.74. The van der Waals surface area contributed by atoms with Crippen molar-refractivity contribution in [1.82, 2.24) is 10.2 Å². The van der Waals surface area contributed by atoms with Gasteiger partial charge in [0, 0.05) is 17.3 Å². The van der Waals surface area contributed by atoms with Crippen molar-refractivity contribution in [3.63, 3.8) is 0 Å². The second-order valence-electron chi connectivity index (χ2n) is 6.99. The number of hydrogen-bond acceptors (Lipinski definition) is 4. The van der Waals surface area contributed by atoms with E-state index in [9.17, 15) is 9.59 Å². The highest BCUT2D eigenvalue weighted by Crippen LogP contribution is 2.19. The van der Waals surface area contributed by atoms with Gasteiger partial charge in [0.15, 0.2) is 0 Å². The third-order valence-electron chi connectivity index (χ3n) is 4.74. The summed E-state index contributed by atoms with van der Waals surface area (Å²) in [5.74, 6) is 0.260. The van der Waals surface area contributed by atoms with Gasteiger partial charge in [-0.05, 0) is 63.2 Å². The van der Waals surface area contributed by atoms with Crippen LogP contribution in [0.15, 0.2) is 42.5 Å². The Labute approximate surface area is 177 Å². The third kappa shape index (κ3) is 7.07. The Morgan fingerprint density at radius 1 is 1.10 bits per heavy atom. The van der Waals surface area contributed by atoms with Crippen LogP contribution in [-0.2, 0) is 9.59 Å². The van der Waals surface area contributed by atoms with Gasteiger partial charge in [-0.25, -0.2) is 0 Å². The van der Waals surface area contributed by atoms with E-state index in [1.807, 2.05) is 44.0 Å². The molecule has 156 valence electrons. The summed E-state index contributed by atoms with van der Waals surface area (Å²) >= 11 is 5.85. The second kappa shape index (κ2) is 10.8. The number of halogens is 1. The second-order valence-corrected chi connectivity index (χ2v) is 7.43. The average molecular weight is 418 g/mol. The fraction of sp³-hybridized carbons (Fsp3) is 0.364. The van der Waals surface area contributed by atoms with Gasteiger partial charge in [-0.3, -0.25) is 14.5 Å². The van der Waals surface area contributed by atoms with E-state index in [4.69, 9.17) is 16.3 Å². The number of benzene rings is 2. The van der Waals surface area contributed by atoms with Gasteiger partial charge in [0.25, 0.3) is 0 Å². The highest BCUT2D eigenvalue weighted by atomic mass is 35.5. The summed E-state index contributed by atoms with van der Waals surface area (Å²) in [7, 11) is 1.84. The zero-order chi connectivity index (χ0) is 21.4. The Kier molecular flexibility index (Phi) is 8.49. The predicted molar refractivity (Wildman–Crippen MR) is 117 cm³/mol. The van der Waals surface area contributed by atoms with Crippen molar-refractivity contribution < 1.29 is 14.3 Å². The summed E-state index contributed by atoms with van der Waals surface area (Å²) in [5.41, 5.74) is 2.76. The van der Waals surface area contributed by atoms with Gasteiger partial charge in [0.05, 0.1) is 12.6 Å². The molecule has 0 fully saturated rings. The number of carbonyl (C=O) groups is 2. The molecular weight excluding hydrogens is 390 g/mol. The highest BCUT2D eigenvalue weighted by molar-refractivity contribution is 6.30. The summed E-state index contributed by atoms with van der Waals surface area (Å²) in [5, 5.41) is 6.20. The van der Waals surface area contributed by atoms with Crippen LogP contribution >= 0.6 is 11.6 Å². The minimum absolute atomic E-state index is 0.0773. The summed E-state index contributed by atoms with van der Waals surface area (Å²) in [4.78, 5) is 26.4. The molecular formula is C22H28ClN3O3. The molecule has 29 heavy (non-hydrogen) atoms. The van der Waals surface area contributed by atoms with Crippen molar-refractivity contribution in [2.24, 2.45) is 0 Å². The molecule has 2 rings (SSSR count). The van der Waals surface area contributed by atoms with Crippen LogP contribution in [0.1, 0.15) is 18.1 Å². The monoisotopic (exact) mass is 417 g/mol. The molecule has 0 aromatic heterocycles. The third-order valence-corrected chi connectivity index (χ3v) is 4.99. The maximum absolute atomic E-state index is 12.4. The molecule has 0 aliphatic heterocycles. The van der Waals surface area contributed by atoms with Crippen LogP contribution in [-0.4, -0.2) is 49.5 Å². The number of carbonyl (C=O) groups excluding carboxylic acids is 2. The van der Waals surface area contributed by atoms with Crippen LogP contribution in [0.2, 0.25) is 5.02 Å². The zero-order valence-corrected chi connectivity index (χ0v) is 18.0. The molecule has 2 aromatic carbocycles. The molecule has 0 saturated carbocycles. The number of nitrogens with one attached hydrogen (secondary N) is 2. The number of rotatable bonds is 9. The van der Waals surface area contributed by atoms with E-state index < -0.39 is 6.04 Å². The van der Waals surface area contributed by atoms with Crippen molar-refractivity contribution in [3.8, 4) is 5.75 Å². The molecule has 0 aliphatic rings. The summed E-state index contributed by atoms with van der Waals surface area (Å²) < 4.78 is 5.65. The zero-order valence-electron chi connectivity index (χ0n) is 17.3. The first-order chi connectivity index (χ1) is 13.8. The first-order valence-corrected chi connectivity index (χ1v) is 9.88. The van der Waals surface area contributed by atoms with Crippen LogP contribution < -0.4 is 15.4 Å². The van der Waals surface area contributed by atoms with Gasteiger partial charge < -0.3 is 15.4 Å². The fourth-order valence-electron chi connectivity index (χ4n) is 2.74. The van der Waals surface area contributed by atoms with Gasteiger partial charge in [-0.2, -0.15) is 0 Å². The lowest BCUT2D eigenvalue weighted by atomic mass is 10.1. The maximum Gasteiger partial charge on any atom is 0.243 e. The van der Waals surface area contributed by atoms with E-state index in [2.05, 4.69) is 10.6 Å². The predicted octanol–water partition coefficient (Wildman–Crippen LogP) is 3.41. The molecule has 0 heterocycles. The van der Waals surface area contributed by atoms with E-state index in [0.29, 0.717) is 18.2 Å². The Hall–Kier alpha value is -2.57. The fourth-order valence-corrected chi connectivity index (χ4v) is 2.87. The van der Waals surface area contributed by atoms with Crippen molar-refractivity contribution in [3.05, 3.63) is 58.6 Å². The van der Waals surface area contributed by atoms with Gasteiger partial charge in [0.2, 0.25) is 11.8 Å². The van der Waals surface area contributed by atoms with Crippen molar-refractivity contribution in [2.75, 3.05) is 32.1 Å². The lowest BCUT2D eigenvalue weighted by Gasteiger charge is -2.23. The van der Waals surface area contributed by atoms with Crippen molar-refractivity contribution >= 4 is 29.1 Å². The number of hydrogen-bond donors (Lipinski definition) is 2. The first kappa shape index (κ1) is 22.7. The van der Waals surface area contributed by atoms with Crippen molar-refractivity contribution in [2.45, 2.75) is 26.8 Å². The standard InChI is InChI=1S/C22H28ClN3O3/c1-15-6-5-7-16(2)21(15)25-20(27)14-24-22(28)17(3)26(4)12-13-29-19-10-8-18(23)9-11-19/h5-11,17H,12-14H2,1-4H3,(H,24,28)(H,25,27)/t17-/m1/s1. The van der Waals surface area contributed by atoms with Gasteiger partial charge in [-0.15, -0.1) is 0 Å². The van der Waals surface area contributed by atoms with Crippen LogP contribution in [0.5, 0.6) is 5.75 Å². The summed E-state index contributed by atoms with van der Waals surface area (Å²) in [6, 6.07) is 12.5. The number of aryl methyl sites for hydroxylation is 2. The highest BCUT2D eigenvalue weighted by Gasteiger charge is 2.18. The lowest BCUT2D eigenvalue weighted by Crippen LogP contribution is -2.46. The molecule has 2 aromatic rings. The van der Waals surface area contributed by atoms with E-state index in [1.54, 1.807) is 31.2 Å². The summed E-state index contributed by atoms with van der Waals surface area (Å²) in [6.45, 7) is 6.58. The largest absolute Gasteiger partial charge is 0.492 e. The number of ether oxygens (including phenoxy) is 1. The quantitative estimate of drug-likeness (QED) is 0.656. The Morgan fingerprint density at radius 3 is 2.34 bits per heavy atom. The Morgan fingerprint density at radius 2 is 1.72 bits per heavy atom. The lowest BCUT2D eigenvalue weighted by molar-refractivity contribution is -0.127. The molecule has 7 heteroatoms. The molecule has 2 amide bonds. The van der Waals surface area contributed by atoms with Crippen LogP contribution in [0.25, 0.3) is 0 Å². The number of likely N-dealkylation sites (N-methyl/N-ethyl adjacent to an activating group) is 1. The molecule has 0 radical (unpaired) electrons. The van der Waals surface area contributed by atoms with Crippen LogP contribution in [0.4, 0.5) is 5.69 Å². The van der Waals surface area contributed by atoms with Gasteiger partial charge >= 0.3 is 0 Å². The minimum atomic E-state index is -0.392. The molecule has 6 nitrogen and oxygen atoms in total. The van der Waals surface area contributed by atoms with E-state index in [0.717, 1.165) is 22.6 Å². The topological polar surface area (TPSA) is 70.7 Å². The van der Waals surface area contributed by atoms with E-state index in [1.165, 1.54) is 0 Å². The average Bonchev–Trinajstić information content (AvgIpc) is 2.69. The van der Waals surface area contributed by atoms with Crippen LogP contribution in [0.3, 0.4) is 0 Å². The smallest absolute Gasteiger partial charge is 0.243 e. The normalized spacial score (nSPS) is 11.8. The number of amides is 2. The first-order valence-electron chi connectivity index (χ1n) is 9.50. The molecule has 0 spiro atoms. The number of anilines is 1. The number of nitrogens with zero attached hydrogens (tertiary/aromatic N) is 1. The molecule has 0 unspecified atom stereocenters. The molecule has 1 atom stereocenters. The SMILES string of the molecule is Cc1cccc(C)c1NC(=O)CNC(=O)[C@@H](C)N(C)CCOc1ccc(Cl)cc1. The minimum Gasteiger partial charge on any atom is -0.492 e. The molecule has 0 saturated heterocycles. The molecule has 2 N–H and O–H groups in total. The van der Waals surface area contributed by atoms with E-state index >= 15 is 0 Å². The van der Waals surface area contributed by atoms with Crippen molar-refractivity contribution in [1.29, 1.82) is 0 Å².